The van der Waals surface area contributed by atoms with E-state index < -0.39 is 5.56 Å². The van der Waals surface area contributed by atoms with Gasteiger partial charge in [0.25, 0.3) is 11.5 Å². The standard InChI is InChI=1S/C21H25N3O3S/c1-13(2)12-24-20-17(19(26)23(5)21(24)27)16(18(25)22(3)4)15(28-20)11-14-9-7-6-8-10-14/h6-10,13H,11-12H2,1-5H3. The van der Waals surface area contributed by atoms with Gasteiger partial charge in [0.15, 0.2) is 0 Å². The first-order valence-electron chi connectivity index (χ1n) is 9.23. The van der Waals surface area contributed by atoms with Crippen LogP contribution in [-0.2, 0) is 20.0 Å². The van der Waals surface area contributed by atoms with Crippen LogP contribution in [0.15, 0.2) is 39.9 Å². The van der Waals surface area contributed by atoms with Crippen LogP contribution in [0.3, 0.4) is 0 Å². The van der Waals surface area contributed by atoms with Crippen LogP contribution in [0, 0.1) is 5.92 Å². The van der Waals surface area contributed by atoms with E-state index >= 15 is 0 Å². The first kappa shape index (κ1) is 20.1. The molecule has 2 heterocycles. The lowest BCUT2D eigenvalue weighted by atomic mass is 10.1. The molecule has 0 aliphatic carbocycles. The summed E-state index contributed by atoms with van der Waals surface area (Å²) in [6, 6.07) is 9.82. The van der Waals surface area contributed by atoms with Gasteiger partial charge in [0.1, 0.15) is 4.83 Å². The highest BCUT2D eigenvalue weighted by Gasteiger charge is 2.26. The van der Waals surface area contributed by atoms with Crippen molar-refractivity contribution in [2.24, 2.45) is 13.0 Å². The maximum absolute atomic E-state index is 13.0. The van der Waals surface area contributed by atoms with E-state index in [-0.39, 0.29) is 17.5 Å². The van der Waals surface area contributed by atoms with Crippen molar-refractivity contribution in [2.45, 2.75) is 26.8 Å². The lowest BCUT2D eigenvalue weighted by Gasteiger charge is -2.13. The van der Waals surface area contributed by atoms with Crippen molar-refractivity contribution in [2.75, 3.05) is 14.1 Å². The van der Waals surface area contributed by atoms with E-state index in [1.165, 1.54) is 23.3 Å². The SMILES string of the molecule is CC(C)Cn1c(=O)n(C)c(=O)c2c(C(=O)N(C)C)c(Cc3ccccc3)sc21. The van der Waals surface area contributed by atoms with Crippen molar-refractivity contribution in [1.82, 2.24) is 14.0 Å². The minimum absolute atomic E-state index is 0.218. The van der Waals surface area contributed by atoms with Gasteiger partial charge >= 0.3 is 5.69 Å². The number of thiophene rings is 1. The fraction of sp³-hybridized carbons (Fsp3) is 0.381. The van der Waals surface area contributed by atoms with Crippen LogP contribution in [0.2, 0.25) is 0 Å². The number of nitrogens with zero attached hydrogens (tertiary/aromatic N) is 3. The zero-order chi connectivity index (χ0) is 20.6. The molecule has 2 aromatic heterocycles. The summed E-state index contributed by atoms with van der Waals surface area (Å²) in [5, 5.41) is 0.345. The third-order valence-electron chi connectivity index (χ3n) is 4.62. The van der Waals surface area contributed by atoms with Crippen molar-refractivity contribution < 1.29 is 4.79 Å². The Labute approximate surface area is 167 Å². The molecule has 0 N–H and O–H groups in total. The van der Waals surface area contributed by atoms with Gasteiger partial charge in [-0.05, 0) is 11.5 Å². The van der Waals surface area contributed by atoms with Gasteiger partial charge in [0, 0.05) is 39.0 Å². The van der Waals surface area contributed by atoms with E-state index in [1.807, 2.05) is 44.2 Å². The number of amides is 1. The largest absolute Gasteiger partial charge is 0.345 e. The summed E-state index contributed by atoms with van der Waals surface area (Å²) < 4.78 is 2.74. The quantitative estimate of drug-likeness (QED) is 0.663. The van der Waals surface area contributed by atoms with Gasteiger partial charge in [0.05, 0.1) is 10.9 Å². The molecule has 1 amide bonds. The maximum Gasteiger partial charge on any atom is 0.331 e. The number of rotatable bonds is 5. The molecule has 7 heteroatoms. The second-order valence-corrected chi connectivity index (χ2v) is 8.68. The summed E-state index contributed by atoms with van der Waals surface area (Å²) in [7, 11) is 4.82. The Kier molecular flexibility index (Phi) is 5.56. The molecule has 0 spiro atoms. The van der Waals surface area contributed by atoms with E-state index in [4.69, 9.17) is 0 Å². The molecule has 0 aliphatic rings. The highest BCUT2D eigenvalue weighted by Crippen LogP contribution is 2.31. The van der Waals surface area contributed by atoms with Crippen LogP contribution in [0.25, 0.3) is 10.2 Å². The zero-order valence-electron chi connectivity index (χ0n) is 16.9. The third kappa shape index (κ3) is 3.54. The molecule has 3 rings (SSSR count). The van der Waals surface area contributed by atoms with E-state index in [9.17, 15) is 14.4 Å². The van der Waals surface area contributed by atoms with Gasteiger partial charge in [-0.15, -0.1) is 11.3 Å². The zero-order valence-corrected chi connectivity index (χ0v) is 17.7. The molecular formula is C21H25N3O3S. The summed E-state index contributed by atoms with van der Waals surface area (Å²) in [6.07, 6.45) is 0.536. The van der Waals surface area contributed by atoms with E-state index in [2.05, 4.69) is 0 Å². The van der Waals surface area contributed by atoms with Gasteiger partial charge < -0.3 is 4.90 Å². The number of hydrogen-bond donors (Lipinski definition) is 0. The van der Waals surface area contributed by atoms with Crippen molar-refractivity contribution >= 4 is 27.5 Å². The molecular weight excluding hydrogens is 374 g/mol. The van der Waals surface area contributed by atoms with Crippen LogP contribution in [0.5, 0.6) is 0 Å². The van der Waals surface area contributed by atoms with Crippen LogP contribution < -0.4 is 11.2 Å². The molecule has 0 saturated heterocycles. The summed E-state index contributed by atoms with van der Waals surface area (Å²) in [5.41, 5.74) is 0.701. The normalized spacial score (nSPS) is 11.4. The fourth-order valence-corrected chi connectivity index (χ4v) is 4.58. The first-order valence-corrected chi connectivity index (χ1v) is 10.0. The molecule has 1 aromatic carbocycles. The van der Waals surface area contributed by atoms with Gasteiger partial charge in [-0.2, -0.15) is 0 Å². The Bertz CT molecular complexity index is 1140. The molecule has 148 valence electrons. The molecule has 0 atom stereocenters. The Hall–Kier alpha value is -2.67. The van der Waals surface area contributed by atoms with E-state index in [1.54, 1.807) is 18.7 Å². The van der Waals surface area contributed by atoms with Crippen LogP contribution in [0.1, 0.15) is 34.6 Å². The average Bonchev–Trinajstić information content (AvgIpc) is 3.02. The predicted molar refractivity (Wildman–Crippen MR) is 113 cm³/mol. The first-order chi connectivity index (χ1) is 13.2. The summed E-state index contributed by atoms with van der Waals surface area (Å²) in [5.74, 6) is 0.00935. The minimum atomic E-state index is -0.416. The smallest absolute Gasteiger partial charge is 0.331 e. The molecule has 6 nitrogen and oxygen atoms in total. The predicted octanol–water partition coefficient (Wildman–Crippen LogP) is 2.71. The average molecular weight is 400 g/mol. The molecule has 0 saturated carbocycles. The van der Waals surface area contributed by atoms with Gasteiger partial charge in [0.2, 0.25) is 0 Å². The van der Waals surface area contributed by atoms with Crippen molar-refractivity contribution in [3.63, 3.8) is 0 Å². The highest BCUT2D eigenvalue weighted by molar-refractivity contribution is 7.19. The fourth-order valence-electron chi connectivity index (χ4n) is 3.26. The number of carbonyl (C=O) groups is 1. The Morgan fingerprint density at radius 2 is 1.79 bits per heavy atom. The van der Waals surface area contributed by atoms with Gasteiger partial charge in [-0.25, -0.2) is 4.79 Å². The molecule has 3 aromatic rings. The summed E-state index contributed by atoms with van der Waals surface area (Å²) in [4.78, 5) is 41.6. The molecule has 0 aliphatic heterocycles. The van der Waals surface area contributed by atoms with Crippen LogP contribution >= 0.6 is 11.3 Å². The van der Waals surface area contributed by atoms with E-state index in [0.29, 0.717) is 28.7 Å². The number of hydrogen-bond acceptors (Lipinski definition) is 4. The summed E-state index contributed by atoms with van der Waals surface area (Å²) in [6.45, 7) is 4.53. The summed E-state index contributed by atoms with van der Waals surface area (Å²) >= 11 is 1.37. The number of aromatic nitrogens is 2. The Morgan fingerprint density at radius 3 is 2.36 bits per heavy atom. The molecule has 28 heavy (non-hydrogen) atoms. The minimum Gasteiger partial charge on any atom is -0.345 e. The monoisotopic (exact) mass is 399 g/mol. The molecule has 0 unspecified atom stereocenters. The molecule has 0 bridgehead atoms. The Morgan fingerprint density at radius 1 is 1.14 bits per heavy atom. The topological polar surface area (TPSA) is 64.3 Å². The molecule has 0 radical (unpaired) electrons. The van der Waals surface area contributed by atoms with E-state index in [0.717, 1.165) is 15.0 Å². The molecule has 0 fully saturated rings. The number of carbonyl (C=O) groups excluding carboxylic acids is 1. The van der Waals surface area contributed by atoms with Crippen molar-refractivity contribution in [1.29, 1.82) is 0 Å². The maximum atomic E-state index is 13.0. The second kappa shape index (κ2) is 7.75. The lowest BCUT2D eigenvalue weighted by Crippen LogP contribution is -2.39. The van der Waals surface area contributed by atoms with Crippen molar-refractivity contribution in [3.8, 4) is 0 Å². The van der Waals surface area contributed by atoms with Crippen LogP contribution in [-0.4, -0.2) is 34.0 Å². The second-order valence-electron chi connectivity index (χ2n) is 7.59. The van der Waals surface area contributed by atoms with Gasteiger partial charge in [-0.3, -0.25) is 18.7 Å². The highest BCUT2D eigenvalue weighted by atomic mass is 32.1. The lowest BCUT2D eigenvalue weighted by molar-refractivity contribution is 0.0829. The van der Waals surface area contributed by atoms with Crippen LogP contribution in [0.4, 0.5) is 0 Å². The number of benzene rings is 1. The number of fused-ring (bicyclic) bond motifs is 1. The van der Waals surface area contributed by atoms with Crippen molar-refractivity contribution in [3.05, 3.63) is 67.2 Å². The Balaban J connectivity index is 2.38. The van der Waals surface area contributed by atoms with Gasteiger partial charge in [-0.1, -0.05) is 44.2 Å². The third-order valence-corrected chi connectivity index (χ3v) is 5.83.